The highest BCUT2D eigenvalue weighted by atomic mass is 16.5. The fraction of sp³-hybridized carbons (Fsp3) is 0.853. The van der Waals surface area contributed by atoms with Gasteiger partial charge in [0.2, 0.25) is 23.6 Å². The first-order valence-electron chi connectivity index (χ1n) is 17.9. The standard InChI is InChI=1S/C34H64N4O10/c1-2-35-32(41)28-47-26-24-46-23-21-38-33(42)29-48-27-25-45-22-20-37-31(40)17-15-19-36-30(39)16-13-11-9-7-5-3-4-6-8-10-12-14-18-34(43)44/h2-29H2,1H3,(H,35,41)(H,36,39)(H,37,40)(H,38,42)(H,43,44). The first kappa shape index (κ1) is 45.2. The van der Waals surface area contributed by atoms with Crippen LogP contribution in [-0.4, -0.2) is 114 Å². The van der Waals surface area contributed by atoms with Crippen molar-refractivity contribution in [2.24, 2.45) is 0 Å². The van der Waals surface area contributed by atoms with E-state index in [9.17, 15) is 24.0 Å². The van der Waals surface area contributed by atoms with Gasteiger partial charge in [0.25, 0.3) is 0 Å². The number of carbonyl (C=O) groups is 5. The van der Waals surface area contributed by atoms with Crippen LogP contribution in [0.3, 0.4) is 0 Å². The molecule has 0 heterocycles. The minimum absolute atomic E-state index is 0.00113. The summed E-state index contributed by atoms with van der Waals surface area (Å²) in [6.07, 6.45) is 15.1. The number of rotatable bonds is 36. The number of ether oxygens (including phenoxy) is 4. The van der Waals surface area contributed by atoms with Crippen LogP contribution in [0.1, 0.15) is 110 Å². The molecule has 0 spiro atoms. The van der Waals surface area contributed by atoms with E-state index in [1.54, 1.807) is 0 Å². The van der Waals surface area contributed by atoms with Crippen LogP contribution in [-0.2, 0) is 42.9 Å². The van der Waals surface area contributed by atoms with E-state index in [4.69, 9.17) is 24.1 Å². The Labute approximate surface area is 287 Å². The van der Waals surface area contributed by atoms with E-state index < -0.39 is 5.97 Å². The van der Waals surface area contributed by atoms with Gasteiger partial charge in [0.1, 0.15) is 13.2 Å². The van der Waals surface area contributed by atoms with E-state index in [0.29, 0.717) is 78.5 Å². The molecule has 0 unspecified atom stereocenters. The van der Waals surface area contributed by atoms with E-state index in [1.807, 2.05) is 6.92 Å². The van der Waals surface area contributed by atoms with Crippen molar-refractivity contribution in [1.82, 2.24) is 21.3 Å². The Hall–Kier alpha value is -2.81. The second-order valence-electron chi connectivity index (χ2n) is 11.6. The Morgan fingerprint density at radius 1 is 0.417 bits per heavy atom. The van der Waals surface area contributed by atoms with Crippen molar-refractivity contribution < 1.29 is 48.0 Å². The highest BCUT2D eigenvalue weighted by Crippen LogP contribution is 2.13. The number of hydrogen-bond donors (Lipinski definition) is 5. The highest BCUT2D eigenvalue weighted by molar-refractivity contribution is 5.77. The lowest BCUT2D eigenvalue weighted by atomic mass is 10.0. The summed E-state index contributed by atoms with van der Waals surface area (Å²) < 4.78 is 21.1. The number of unbranched alkanes of at least 4 members (excludes halogenated alkanes) is 11. The zero-order valence-corrected chi connectivity index (χ0v) is 29.4. The summed E-state index contributed by atoms with van der Waals surface area (Å²) in [6.45, 7) is 5.34. The average Bonchev–Trinajstić information content (AvgIpc) is 3.05. The highest BCUT2D eigenvalue weighted by Gasteiger charge is 2.05. The van der Waals surface area contributed by atoms with Gasteiger partial charge in [-0.2, -0.15) is 0 Å². The number of carboxylic acids is 1. The van der Waals surface area contributed by atoms with E-state index in [1.165, 1.54) is 38.5 Å². The first-order chi connectivity index (χ1) is 23.3. The molecule has 0 aromatic rings. The molecule has 48 heavy (non-hydrogen) atoms. The molecule has 0 saturated carbocycles. The quantitative estimate of drug-likeness (QED) is 0.0612. The molecule has 280 valence electrons. The molecule has 0 aliphatic heterocycles. The average molecular weight is 689 g/mol. The monoisotopic (exact) mass is 688 g/mol. The van der Waals surface area contributed by atoms with Gasteiger partial charge in [-0.3, -0.25) is 24.0 Å². The van der Waals surface area contributed by atoms with E-state index >= 15 is 0 Å². The van der Waals surface area contributed by atoms with Crippen molar-refractivity contribution in [3.05, 3.63) is 0 Å². The van der Waals surface area contributed by atoms with E-state index in [0.717, 1.165) is 38.5 Å². The number of nitrogens with one attached hydrogen (secondary N) is 4. The van der Waals surface area contributed by atoms with Crippen LogP contribution in [0.5, 0.6) is 0 Å². The maximum atomic E-state index is 12.0. The maximum absolute atomic E-state index is 12.0. The number of amides is 4. The number of aliphatic carboxylic acids is 1. The predicted octanol–water partition coefficient (Wildman–Crippen LogP) is 2.86. The molecule has 0 aromatic carbocycles. The van der Waals surface area contributed by atoms with Crippen LogP contribution in [0.4, 0.5) is 0 Å². The third kappa shape index (κ3) is 36.0. The van der Waals surface area contributed by atoms with Gasteiger partial charge in [0, 0.05) is 45.4 Å². The fourth-order valence-corrected chi connectivity index (χ4v) is 4.58. The van der Waals surface area contributed by atoms with Crippen LogP contribution in [0, 0.1) is 0 Å². The first-order valence-corrected chi connectivity index (χ1v) is 17.9. The number of carboxylic acid groups (broad SMARTS) is 1. The minimum Gasteiger partial charge on any atom is -0.481 e. The van der Waals surface area contributed by atoms with Crippen molar-refractivity contribution in [2.75, 3.05) is 79.0 Å². The largest absolute Gasteiger partial charge is 0.481 e. The normalized spacial score (nSPS) is 10.9. The summed E-state index contributed by atoms with van der Waals surface area (Å²) >= 11 is 0. The molecule has 0 aliphatic carbocycles. The molecular formula is C34H64N4O10. The number of likely N-dealkylation sites (N-methyl/N-ethyl adjacent to an activating group) is 1. The molecule has 0 atom stereocenters. The SMILES string of the molecule is CCNC(=O)COCCOCCNC(=O)COCCOCCNC(=O)CCCNC(=O)CCCCCCCCCCCCCCC(=O)O. The summed E-state index contributed by atoms with van der Waals surface area (Å²) in [6, 6.07) is 0. The molecule has 0 saturated heterocycles. The number of hydrogen-bond acceptors (Lipinski definition) is 9. The van der Waals surface area contributed by atoms with Crippen molar-refractivity contribution in [3.8, 4) is 0 Å². The lowest BCUT2D eigenvalue weighted by molar-refractivity contribution is -0.137. The topological polar surface area (TPSA) is 191 Å². The van der Waals surface area contributed by atoms with Gasteiger partial charge in [-0.15, -0.1) is 0 Å². The minimum atomic E-state index is -0.703. The van der Waals surface area contributed by atoms with Crippen molar-refractivity contribution >= 4 is 29.6 Å². The van der Waals surface area contributed by atoms with Gasteiger partial charge in [0.05, 0.1) is 39.6 Å². The fourth-order valence-electron chi connectivity index (χ4n) is 4.58. The maximum Gasteiger partial charge on any atom is 0.303 e. The third-order valence-corrected chi connectivity index (χ3v) is 7.17. The van der Waals surface area contributed by atoms with Crippen LogP contribution >= 0.6 is 0 Å². The molecule has 0 rings (SSSR count). The van der Waals surface area contributed by atoms with Crippen LogP contribution in [0.2, 0.25) is 0 Å². The van der Waals surface area contributed by atoms with Gasteiger partial charge in [0.15, 0.2) is 0 Å². The van der Waals surface area contributed by atoms with Gasteiger partial charge >= 0.3 is 5.97 Å². The molecular weight excluding hydrogens is 624 g/mol. The number of carbonyl (C=O) groups excluding carboxylic acids is 4. The molecule has 0 aliphatic rings. The van der Waals surface area contributed by atoms with Crippen LogP contribution < -0.4 is 21.3 Å². The lowest BCUT2D eigenvalue weighted by Crippen LogP contribution is -2.31. The van der Waals surface area contributed by atoms with Crippen molar-refractivity contribution in [3.63, 3.8) is 0 Å². The smallest absolute Gasteiger partial charge is 0.303 e. The van der Waals surface area contributed by atoms with E-state index in [2.05, 4.69) is 21.3 Å². The summed E-state index contributed by atoms with van der Waals surface area (Å²) in [5, 5.41) is 19.6. The second-order valence-corrected chi connectivity index (χ2v) is 11.6. The Kier molecular flexibility index (Phi) is 33.4. The van der Waals surface area contributed by atoms with E-state index in [-0.39, 0.29) is 49.9 Å². The molecule has 5 N–H and O–H groups in total. The molecule has 0 fully saturated rings. The third-order valence-electron chi connectivity index (χ3n) is 7.17. The van der Waals surface area contributed by atoms with Crippen LogP contribution in [0.25, 0.3) is 0 Å². The Balaban J connectivity index is 3.36. The van der Waals surface area contributed by atoms with Gasteiger partial charge in [-0.05, 0) is 26.2 Å². The predicted molar refractivity (Wildman–Crippen MR) is 182 cm³/mol. The Morgan fingerprint density at radius 3 is 1.27 bits per heavy atom. The van der Waals surface area contributed by atoms with Gasteiger partial charge in [-0.1, -0.05) is 64.2 Å². The Morgan fingerprint density at radius 2 is 0.792 bits per heavy atom. The molecule has 4 amide bonds. The zero-order valence-electron chi connectivity index (χ0n) is 29.4. The molecule has 14 nitrogen and oxygen atoms in total. The van der Waals surface area contributed by atoms with Gasteiger partial charge < -0.3 is 45.3 Å². The zero-order chi connectivity index (χ0) is 35.3. The molecule has 14 heteroatoms. The molecule has 0 aromatic heterocycles. The van der Waals surface area contributed by atoms with Gasteiger partial charge in [-0.25, -0.2) is 0 Å². The second kappa shape index (κ2) is 35.5. The van der Waals surface area contributed by atoms with Crippen molar-refractivity contribution in [2.45, 2.75) is 110 Å². The van der Waals surface area contributed by atoms with Crippen LogP contribution in [0.15, 0.2) is 0 Å². The lowest BCUT2D eigenvalue weighted by Gasteiger charge is -2.09. The summed E-state index contributed by atoms with van der Waals surface area (Å²) in [5.74, 6) is -1.18. The summed E-state index contributed by atoms with van der Waals surface area (Å²) in [5.41, 5.74) is 0. The molecule has 0 bridgehead atoms. The van der Waals surface area contributed by atoms with Crippen molar-refractivity contribution in [1.29, 1.82) is 0 Å². The molecule has 0 radical (unpaired) electrons. The summed E-state index contributed by atoms with van der Waals surface area (Å²) in [4.78, 5) is 57.4. The Bertz CT molecular complexity index is 832. The summed E-state index contributed by atoms with van der Waals surface area (Å²) in [7, 11) is 0.